The Morgan fingerprint density at radius 2 is 1.53 bits per heavy atom. The second kappa shape index (κ2) is 8.91. The van der Waals surface area contributed by atoms with Crippen molar-refractivity contribution in [1.29, 1.82) is 0 Å². The summed E-state index contributed by atoms with van der Waals surface area (Å²) in [4.78, 5) is 11.0. The van der Waals surface area contributed by atoms with Crippen molar-refractivity contribution in [3.8, 4) is 22.6 Å². The van der Waals surface area contributed by atoms with E-state index in [0.717, 1.165) is 23.8 Å². The largest absolute Gasteiger partial charge is 0.478 e. The monoisotopic (exact) mass is 440 g/mol. The second-order valence-corrected chi connectivity index (χ2v) is 8.38. The summed E-state index contributed by atoms with van der Waals surface area (Å²) < 4.78 is 45.4. The van der Waals surface area contributed by atoms with E-state index >= 15 is 0 Å². The molecular formula is C26H23F3O3. The van der Waals surface area contributed by atoms with Gasteiger partial charge in [-0.1, -0.05) is 57.2 Å². The molecule has 0 aliphatic rings. The molecule has 32 heavy (non-hydrogen) atoms. The lowest BCUT2D eigenvalue weighted by molar-refractivity contribution is -0.137. The van der Waals surface area contributed by atoms with Gasteiger partial charge in [0.05, 0.1) is 5.56 Å². The molecule has 0 spiro atoms. The van der Waals surface area contributed by atoms with Crippen LogP contribution in [0.25, 0.3) is 17.2 Å². The molecule has 3 rings (SSSR count). The Balaban J connectivity index is 2.01. The first-order valence-corrected chi connectivity index (χ1v) is 9.94. The van der Waals surface area contributed by atoms with Crippen LogP contribution in [-0.2, 0) is 16.4 Å². The highest BCUT2D eigenvalue weighted by Gasteiger charge is 2.30. The minimum absolute atomic E-state index is 0.0304. The number of carbonyl (C=O) groups is 1. The van der Waals surface area contributed by atoms with Gasteiger partial charge in [0, 0.05) is 11.6 Å². The van der Waals surface area contributed by atoms with Crippen molar-refractivity contribution in [1.82, 2.24) is 0 Å². The SMILES string of the molecule is CC(C)(C)c1ccc(Oc2cc(-c3cccc(C(F)(F)F)c3)ccc2/C=C/C(=O)O)cc1. The molecule has 6 heteroatoms. The molecule has 0 saturated carbocycles. The molecule has 0 saturated heterocycles. The Morgan fingerprint density at radius 3 is 2.12 bits per heavy atom. The van der Waals surface area contributed by atoms with E-state index in [4.69, 9.17) is 9.84 Å². The summed E-state index contributed by atoms with van der Waals surface area (Å²) >= 11 is 0. The number of aliphatic carboxylic acids is 1. The number of ether oxygens (including phenoxy) is 1. The third kappa shape index (κ3) is 5.78. The van der Waals surface area contributed by atoms with Crippen molar-refractivity contribution in [3.05, 3.63) is 89.5 Å². The number of carboxylic acids is 1. The fraction of sp³-hybridized carbons (Fsp3) is 0.192. The number of rotatable bonds is 5. The average molecular weight is 440 g/mol. The average Bonchev–Trinajstić information content (AvgIpc) is 2.72. The highest BCUT2D eigenvalue weighted by molar-refractivity contribution is 5.86. The number of benzene rings is 3. The molecule has 0 aliphatic heterocycles. The van der Waals surface area contributed by atoms with Crippen LogP contribution < -0.4 is 4.74 Å². The topological polar surface area (TPSA) is 46.5 Å². The van der Waals surface area contributed by atoms with Crippen molar-refractivity contribution in [3.63, 3.8) is 0 Å². The lowest BCUT2D eigenvalue weighted by atomic mass is 9.87. The van der Waals surface area contributed by atoms with Crippen LogP contribution in [0.1, 0.15) is 37.5 Å². The normalized spacial score (nSPS) is 12.2. The van der Waals surface area contributed by atoms with E-state index in [0.29, 0.717) is 28.2 Å². The zero-order chi connectivity index (χ0) is 23.5. The molecule has 1 N–H and O–H groups in total. The highest BCUT2D eigenvalue weighted by Crippen LogP contribution is 2.35. The zero-order valence-corrected chi connectivity index (χ0v) is 17.9. The van der Waals surface area contributed by atoms with Gasteiger partial charge >= 0.3 is 12.1 Å². The summed E-state index contributed by atoms with van der Waals surface area (Å²) in [5, 5.41) is 8.97. The van der Waals surface area contributed by atoms with Crippen LogP contribution in [0.5, 0.6) is 11.5 Å². The number of halogens is 3. The lowest BCUT2D eigenvalue weighted by Gasteiger charge is -2.19. The van der Waals surface area contributed by atoms with Crippen LogP contribution in [0.4, 0.5) is 13.2 Å². The molecule has 0 atom stereocenters. The van der Waals surface area contributed by atoms with Gasteiger partial charge in [-0.3, -0.25) is 0 Å². The smallest absolute Gasteiger partial charge is 0.416 e. The Morgan fingerprint density at radius 1 is 0.875 bits per heavy atom. The molecule has 3 nitrogen and oxygen atoms in total. The van der Waals surface area contributed by atoms with E-state index in [-0.39, 0.29) is 5.41 Å². The molecule has 166 valence electrons. The molecule has 0 unspecified atom stereocenters. The van der Waals surface area contributed by atoms with Crippen molar-refractivity contribution in [2.45, 2.75) is 32.4 Å². The molecular weight excluding hydrogens is 417 g/mol. The van der Waals surface area contributed by atoms with E-state index in [1.807, 2.05) is 24.3 Å². The minimum Gasteiger partial charge on any atom is -0.478 e. The first-order valence-electron chi connectivity index (χ1n) is 9.94. The molecule has 3 aromatic rings. The maximum absolute atomic E-state index is 13.1. The summed E-state index contributed by atoms with van der Waals surface area (Å²) in [6.45, 7) is 6.28. The van der Waals surface area contributed by atoms with Gasteiger partial charge in [0.2, 0.25) is 0 Å². The maximum atomic E-state index is 13.1. The number of hydrogen-bond donors (Lipinski definition) is 1. The Bertz CT molecular complexity index is 1140. The van der Waals surface area contributed by atoms with Gasteiger partial charge in [0.1, 0.15) is 11.5 Å². The van der Waals surface area contributed by atoms with Crippen LogP contribution in [0.15, 0.2) is 72.8 Å². The van der Waals surface area contributed by atoms with Crippen LogP contribution in [0.3, 0.4) is 0 Å². The van der Waals surface area contributed by atoms with Gasteiger partial charge in [-0.25, -0.2) is 4.79 Å². The van der Waals surface area contributed by atoms with E-state index < -0.39 is 17.7 Å². The number of hydrogen-bond acceptors (Lipinski definition) is 2. The van der Waals surface area contributed by atoms with Gasteiger partial charge in [0.15, 0.2) is 0 Å². The second-order valence-electron chi connectivity index (χ2n) is 8.38. The van der Waals surface area contributed by atoms with E-state index in [9.17, 15) is 18.0 Å². The highest BCUT2D eigenvalue weighted by atomic mass is 19.4. The summed E-state index contributed by atoms with van der Waals surface area (Å²) in [6.07, 6.45) is -2.08. The van der Waals surface area contributed by atoms with Crippen LogP contribution in [-0.4, -0.2) is 11.1 Å². The summed E-state index contributed by atoms with van der Waals surface area (Å²) in [5.41, 5.74) is 1.73. The van der Waals surface area contributed by atoms with Gasteiger partial charge in [-0.05, 0) is 58.5 Å². The first kappa shape index (κ1) is 23.1. The van der Waals surface area contributed by atoms with Crippen molar-refractivity contribution < 1.29 is 27.8 Å². The van der Waals surface area contributed by atoms with Gasteiger partial charge in [-0.2, -0.15) is 13.2 Å². The fourth-order valence-electron chi connectivity index (χ4n) is 3.13. The zero-order valence-electron chi connectivity index (χ0n) is 17.9. The molecule has 0 amide bonds. The van der Waals surface area contributed by atoms with E-state index in [2.05, 4.69) is 20.8 Å². The first-order chi connectivity index (χ1) is 14.9. The summed E-state index contributed by atoms with van der Waals surface area (Å²) in [7, 11) is 0. The van der Waals surface area contributed by atoms with Crippen LogP contribution in [0.2, 0.25) is 0 Å². The molecule has 0 bridgehead atoms. The maximum Gasteiger partial charge on any atom is 0.416 e. The molecule has 0 fully saturated rings. The molecule has 0 radical (unpaired) electrons. The van der Waals surface area contributed by atoms with Crippen LogP contribution in [0, 0.1) is 0 Å². The lowest BCUT2D eigenvalue weighted by Crippen LogP contribution is -2.10. The van der Waals surface area contributed by atoms with Gasteiger partial charge in [0.25, 0.3) is 0 Å². The summed E-state index contributed by atoms with van der Waals surface area (Å²) in [6, 6.07) is 17.4. The molecule has 0 aliphatic carbocycles. The number of alkyl halides is 3. The standard InChI is InChI=1S/C26H23F3O3/c1-25(2,3)20-10-12-22(13-11-20)32-23-16-19(8-7-17(23)9-14-24(30)31)18-5-4-6-21(15-18)26(27,28)29/h4-16H,1-3H3,(H,30,31)/b14-9+. The third-order valence-electron chi connectivity index (χ3n) is 4.89. The predicted octanol–water partition coefficient (Wildman–Crippen LogP) is 7.56. The fourth-order valence-corrected chi connectivity index (χ4v) is 3.13. The Hall–Kier alpha value is -3.54. The van der Waals surface area contributed by atoms with Gasteiger partial charge in [-0.15, -0.1) is 0 Å². The Kier molecular flexibility index (Phi) is 6.44. The number of carboxylic acid groups (broad SMARTS) is 1. The van der Waals surface area contributed by atoms with E-state index in [1.54, 1.807) is 24.3 Å². The predicted molar refractivity (Wildman–Crippen MR) is 119 cm³/mol. The van der Waals surface area contributed by atoms with Crippen molar-refractivity contribution in [2.24, 2.45) is 0 Å². The quantitative estimate of drug-likeness (QED) is 0.417. The minimum atomic E-state index is -4.45. The third-order valence-corrected chi connectivity index (χ3v) is 4.89. The Labute approximate surface area is 184 Å². The van der Waals surface area contributed by atoms with Crippen molar-refractivity contribution in [2.75, 3.05) is 0 Å². The molecule has 3 aromatic carbocycles. The van der Waals surface area contributed by atoms with Crippen LogP contribution >= 0.6 is 0 Å². The molecule has 0 aromatic heterocycles. The van der Waals surface area contributed by atoms with Gasteiger partial charge < -0.3 is 9.84 Å². The van der Waals surface area contributed by atoms with Crippen molar-refractivity contribution >= 4 is 12.0 Å². The van der Waals surface area contributed by atoms with E-state index in [1.165, 1.54) is 12.1 Å². The summed E-state index contributed by atoms with van der Waals surface area (Å²) in [5.74, 6) is -0.252. The molecule has 0 heterocycles.